The van der Waals surface area contributed by atoms with E-state index in [1.165, 1.54) is 18.2 Å². The average molecular weight is 484 g/mol. The normalized spacial score (nSPS) is 27.2. The average Bonchev–Trinajstić information content (AvgIpc) is 3.18. The van der Waals surface area contributed by atoms with Crippen LogP contribution < -0.4 is 0 Å². The summed E-state index contributed by atoms with van der Waals surface area (Å²) in [6.07, 6.45) is 4.70. The number of fused-ring (bicyclic) bond motifs is 5. The molecule has 3 atom stereocenters. The van der Waals surface area contributed by atoms with Gasteiger partial charge >= 0.3 is 0 Å². The van der Waals surface area contributed by atoms with Crippen LogP contribution in [0.15, 0.2) is 24.3 Å². The number of carbonyl (C=O) groups excluding carboxylic acids is 1. The zero-order valence-corrected chi connectivity index (χ0v) is 21.1. The Kier molecular flexibility index (Phi) is 5.78. The van der Waals surface area contributed by atoms with Crippen molar-refractivity contribution in [3.05, 3.63) is 47.2 Å². The first-order chi connectivity index (χ1) is 16.5. The van der Waals surface area contributed by atoms with Crippen molar-refractivity contribution in [1.82, 2.24) is 15.1 Å². The number of rotatable bonds is 5. The van der Waals surface area contributed by atoms with Gasteiger partial charge in [-0.05, 0) is 87.0 Å². The molecule has 3 aliphatic rings. The molecule has 1 N–H and O–H groups in total. The Hall–Kier alpha value is -2.41. The van der Waals surface area contributed by atoms with Gasteiger partial charge in [-0.3, -0.25) is 4.79 Å². The van der Waals surface area contributed by atoms with Gasteiger partial charge in [0.15, 0.2) is 0 Å². The Bertz CT molecular complexity index is 1140. The second-order valence-corrected chi connectivity index (χ2v) is 11.9. The van der Waals surface area contributed by atoms with E-state index in [1.54, 1.807) is 13.8 Å². The fourth-order valence-corrected chi connectivity index (χ4v) is 7.32. The van der Waals surface area contributed by atoms with Gasteiger partial charge in [-0.1, -0.05) is 19.9 Å². The number of halogens is 2. The first-order valence-corrected chi connectivity index (χ1v) is 12.8. The largest absolute Gasteiger partial charge is 0.390 e. The molecule has 1 aromatic carbocycles. The second-order valence-electron chi connectivity index (χ2n) is 11.9. The molecule has 0 spiro atoms. The lowest BCUT2D eigenvalue weighted by Crippen LogP contribution is -2.51. The van der Waals surface area contributed by atoms with Gasteiger partial charge in [0.05, 0.1) is 22.6 Å². The SMILES string of the molecule is CC(C)(O)CCC(=O)N1CCC[C@H]([C@@]23CC[C@@H](c4cc(-c5c(F)cccc5F)nnc42)C3(C)C)C1. The van der Waals surface area contributed by atoms with E-state index < -0.39 is 17.2 Å². The highest BCUT2D eigenvalue weighted by molar-refractivity contribution is 5.76. The van der Waals surface area contributed by atoms with Crippen LogP contribution in [0, 0.1) is 23.0 Å². The number of piperidine rings is 1. The summed E-state index contributed by atoms with van der Waals surface area (Å²) < 4.78 is 29.0. The number of nitrogens with zero attached hydrogens (tertiary/aromatic N) is 3. The summed E-state index contributed by atoms with van der Waals surface area (Å²) in [7, 11) is 0. The van der Waals surface area contributed by atoms with E-state index in [0.717, 1.165) is 43.5 Å². The summed E-state index contributed by atoms with van der Waals surface area (Å²) in [5.74, 6) is -0.695. The molecule has 0 radical (unpaired) electrons. The van der Waals surface area contributed by atoms with Gasteiger partial charge < -0.3 is 10.0 Å². The second kappa shape index (κ2) is 8.32. The Morgan fingerprint density at radius 2 is 1.91 bits per heavy atom. The summed E-state index contributed by atoms with van der Waals surface area (Å²) >= 11 is 0. The van der Waals surface area contributed by atoms with Gasteiger partial charge in [-0.15, -0.1) is 0 Å². The molecule has 35 heavy (non-hydrogen) atoms. The molecule has 5 nitrogen and oxygen atoms in total. The zero-order chi connectivity index (χ0) is 25.2. The first-order valence-electron chi connectivity index (χ1n) is 12.8. The molecule has 1 aliphatic heterocycles. The minimum atomic E-state index is -0.862. The Morgan fingerprint density at radius 3 is 2.60 bits per heavy atom. The van der Waals surface area contributed by atoms with Crippen molar-refractivity contribution in [1.29, 1.82) is 0 Å². The van der Waals surface area contributed by atoms with Crippen LogP contribution in [0.2, 0.25) is 0 Å². The highest BCUT2D eigenvalue weighted by atomic mass is 19.1. The van der Waals surface area contributed by atoms with Crippen LogP contribution in [0.1, 0.15) is 83.4 Å². The van der Waals surface area contributed by atoms with E-state index >= 15 is 0 Å². The van der Waals surface area contributed by atoms with Crippen molar-refractivity contribution in [3.63, 3.8) is 0 Å². The first kappa shape index (κ1) is 24.3. The minimum absolute atomic E-state index is 0.0928. The van der Waals surface area contributed by atoms with Crippen molar-refractivity contribution in [3.8, 4) is 11.3 Å². The molecule has 2 fully saturated rings. The molecule has 0 unspecified atom stereocenters. The summed E-state index contributed by atoms with van der Waals surface area (Å²) in [4.78, 5) is 15.0. The van der Waals surface area contributed by atoms with E-state index in [-0.39, 0.29) is 39.8 Å². The Morgan fingerprint density at radius 1 is 1.20 bits per heavy atom. The van der Waals surface area contributed by atoms with Crippen LogP contribution in [0.3, 0.4) is 0 Å². The minimum Gasteiger partial charge on any atom is -0.390 e. The van der Waals surface area contributed by atoms with Crippen molar-refractivity contribution >= 4 is 5.91 Å². The van der Waals surface area contributed by atoms with Gasteiger partial charge in [0.25, 0.3) is 0 Å². The van der Waals surface area contributed by atoms with Crippen LogP contribution in [-0.2, 0) is 10.2 Å². The fraction of sp³-hybridized carbons (Fsp3) is 0.607. The molecule has 1 saturated carbocycles. The molecule has 7 heteroatoms. The lowest BCUT2D eigenvalue weighted by Gasteiger charge is -2.48. The van der Waals surface area contributed by atoms with Crippen LogP contribution in [-0.4, -0.2) is 44.8 Å². The standard InChI is InChI=1S/C28H35F2N3O2/c1-26(2,35)12-11-23(34)33-14-6-7-17(16-33)28-13-10-19(27(28,3)4)18-15-22(31-32-25(18)28)24-20(29)8-5-9-21(24)30/h5,8-9,15,17,19,35H,6-7,10-14,16H2,1-4H3/t17-,19-,28-/m0/s1. The number of carbonyl (C=O) groups is 1. The smallest absolute Gasteiger partial charge is 0.222 e. The van der Waals surface area contributed by atoms with Gasteiger partial charge in [0.1, 0.15) is 11.6 Å². The van der Waals surface area contributed by atoms with E-state index in [9.17, 15) is 18.7 Å². The molecule has 2 aliphatic carbocycles. The molecule has 2 bridgehead atoms. The Balaban J connectivity index is 1.48. The van der Waals surface area contributed by atoms with Crippen LogP contribution in [0.25, 0.3) is 11.3 Å². The maximum atomic E-state index is 14.5. The van der Waals surface area contributed by atoms with Crippen LogP contribution >= 0.6 is 0 Å². The molecular weight excluding hydrogens is 448 g/mol. The van der Waals surface area contributed by atoms with E-state index in [4.69, 9.17) is 0 Å². The molecular formula is C28H35F2N3O2. The molecule has 1 aromatic heterocycles. The molecule has 1 amide bonds. The molecule has 188 valence electrons. The van der Waals surface area contributed by atoms with Crippen LogP contribution in [0.5, 0.6) is 0 Å². The number of hydrogen-bond donors (Lipinski definition) is 1. The van der Waals surface area contributed by atoms with Crippen molar-refractivity contribution < 1.29 is 18.7 Å². The van der Waals surface area contributed by atoms with E-state index in [2.05, 4.69) is 24.0 Å². The molecule has 2 aromatic rings. The number of likely N-dealkylation sites (tertiary alicyclic amines) is 1. The van der Waals surface area contributed by atoms with E-state index in [1.807, 2.05) is 11.0 Å². The number of benzene rings is 1. The quantitative estimate of drug-likeness (QED) is 0.621. The highest BCUT2D eigenvalue weighted by Gasteiger charge is 2.66. The number of aliphatic hydroxyl groups is 1. The van der Waals surface area contributed by atoms with Gasteiger partial charge in [0.2, 0.25) is 5.91 Å². The maximum Gasteiger partial charge on any atom is 0.222 e. The third-order valence-electron chi connectivity index (χ3n) is 9.11. The van der Waals surface area contributed by atoms with Crippen molar-refractivity contribution in [2.75, 3.05) is 13.1 Å². The predicted octanol–water partition coefficient (Wildman–Crippen LogP) is 5.37. The molecule has 2 heterocycles. The summed E-state index contributed by atoms with van der Waals surface area (Å²) in [5.41, 5.74) is 0.944. The maximum absolute atomic E-state index is 14.5. The van der Waals surface area contributed by atoms with Gasteiger partial charge in [-0.25, -0.2) is 8.78 Å². The lowest BCUT2D eigenvalue weighted by atomic mass is 9.59. The third kappa shape index (κ3) is 3.78. The van der Waals surface area contributed by atoms with Crippen molar-refractivity contribution in [2.24, 2.45) is 11.3 Å². The van der Waals surface area contributed by atoms with Crippen LogP contribution in [0.4, 0.5) is 8.78 Å². The summed E-state index contributed by atoms with van der Waals surface area (Å²) in [6, 6.07) is 5.70. The highest BCUT2D eigenvalue weighted by Crippen LogP contribution is 2.70. The predicted molar refractivity (Wildman–Crippen MR) is 130 cm³/mol. The Labute approximate surface area is 205 Å². The number of amides is 1. The van der Waals surface area contributed by atoms with Crippen molar-refractivity contribution in [2.45, 2.75) is 83.2 Å². The molecule has 5 rings (SSSR count). The van der Waals surface area contributed by atoms with E-state index in [0.29, 0.717) is 19.4 Å². The summed E-state index contributed by atoms with van der Waals surface area (Å²) in [5, 5.41) is 19.1. The molecule has 1 saturated heterocycles. The topological polar surface area (TPSA) is 66.3 Å². The summed E-state index contributed by atoms with van der Waals surface area (Å²) in [6.45, 7) is 9.44. The fourth-order valence-electron chi connectivity index (χ4n) is 7.32. The third-order valence-corrected chi connectivity index (χ3v) is 9.11. The monoisotopic (exact) mass is 483 g/mol. The lowest BCUT2D eigenvalue weighted by molar-refractivity contribution is -0.135. The number of aromatic nitrogens is 2. The van der Waals surface area contributed by atoms with Gasteiger partial charge in [0, 0.05) is 24.9 Å². The zero-order valence-electron chi connectivity index (χ0n) is 21.1. The van der Waals surface area contributed by atoms with Gasteiger partial charge in [-0.2, -0.15) is 10.2 Å². The number of hydrogen-bond acceptors (Lipinski definition) is 4.